The van der Waals surface area contributed by atoms with Crippen molar-refractivity contribution < 1.29 is 23.5 Å². The van der Waals surface area contributed by atoms with Crippen molar-refractivity contribution in [2.45, 2.75) is 32.9 Å². The van der Waals surface area contributed by atoms with Crippen molar-refractivity contribution in [1.29, 1.82) is 5.26 Å². The number of rotatable bonds is 12. The van der Waals surface area contributed by atoms with Crippen LogP contribution in [0.5, 0.6) is 5.75 Å². The van der Waals surface area contributed by atoms with Crippen LogP contribution < -0.4 is 20.7 Å². The molecule has 38 heavy (non-hydrogen) atoms. The van der Waals surface area contributed by atoms with E-state index >= 15 is 0 Å². The Bertz CT molecular complexity index is 1240. The minimum atomic E-state index is -0.601. The molecule has 2 aromatic carbocycles. The summed E-state index contributed by atoms with van der Waals surface area (Å²) in [5, 5.41) is 17.3. The molecule has 3 amide bonds. The topological polar surface area (TPSA) is 142 Å². The molecule has 0 aliphatic rings. The van der Waals surface area contributed by atoms with Gasteiger partial charge in [-0.25, -0.2) is 14.6 Å². The second kappa shape index (κ2) is 14.2. The quantitative estimate of drug-likeness (QED) is 0.308. The molecule has 0 radical (unpaired) electrons. The third-order valence-corrected chi connectivity index (χ3v) is 5.73. The van der Waals surface area contributed by atoms with E-state index in [1.165, 1.54) is 13.5 Å². The van der Waals surface area contributed by atoms with E-state index in [0.29, 0.717) is 35.0 Å². The van der Waals surface area contributed by atoms with E-state index in [1.54, 1.807) is 42.6 Å². The van der Waals surface area contributed by atoms with Crippen molar-refractivity contribution >= 4 is 23.5 Å². The van der Waals surface area contributed by atoms with E-state index in [1.807, 2.05) is 19.9 Å². The van der Waals surface area contributed by atoms with E-state index in [4.69, 9.17) is 19.2 Å². The van der Waals surface area contributed by atoms with Crippen molar-refractivity contribution in [1.82, 2.24) is 15.2 Å². The van der Waals surface area contributed by atoms with Gasteiger partial charge in [0.05, 0.1) is 31.4 Å². The van der Waals surface area contributed by atoms with Crippen molar-refractivity contribution in [3.63, 3.8) is 0 Å². The van der Waals surface area contributed by atoms with Gasteiger partial charge < -0.3 is 34.7 Å². The number of carbonyl (C=O) groups excluding carboxylic acids is 2. The van der Waals surface area contributed by atoms with Gasteiger partial charge in [0, 0.05) is 30.5 Å². The van der Waals surface area contributed by atoms with Crippen LogP contribution in [0.15, 0.2) is 59.5 Å². The summed E-state index contributed by atoms with van der Waals surface area (Å²) in [7, 11) is 1.53. The second-order valence-electron chi connectivity index (χ2n) is 8.29. The highest BCUT2D eigenvalue weighted by molar-refractivity contribution is 6.00. The number of alkyl carbamates (subject to hydrolysis) is 1. The third-order valence-electron chi connectivity index (χ3n) is 5.73. The first-order valence-electron chi connectivity index (χ1n) is 12.2. The van der Waals surface area contributed by atoms with Gasteiger partial charge in [-0.15, -0.1) is 0 Å². The first-order valence-corrected chi connectivity index (χ1v) is 12.2. The van der Waals surface area contributed by atoms with Crippen LogP contribution in [0.1, 0.15) is 25.8 Å². The Morgan fingerprint density at radius 2 is 1.89 bits per heavy atom. The molecular formula is C27H32N6O5. The zero-order valence-corrected chi connectivity index (χ0v) is 21.7. The number of nitrogens with zero attached hydrogens (tertiary/aromatic N) is 3. The van der Waals surface area contributed by atoms with Crippen LogP contribution in [0, 0.1) is 11.3 Å². The monoisotopic (exact) mass is 520 g/mol. The van der Waals surface area contributed by atoms with Crippen LogP contribution in [0.2, 0.25) is 0 Å². The number of aromatic nitrogens is 1. The van der Waals surface area contributed by atoms with Gasteiger partial charge in [0.1, 0.15) is 11.9 Å². The van der Waals surface area contributed by atoms with Crippen molar-refractivity contribution in [3.05, 3.63) is 60.6 Å². The molecule has 1 heterocycles. The molecule has 200 valence electrons. The van der Waals surface area contributed by atoms with Gasteiger partial charge in [0.2, 0.25) is 0 Å². The maximum atomic E-state index is 12.6. The Morgan fingerprint density at radius 1 is 1.13 bits per heavy atom. The molecule has 0 spiro atoms. The zero-order chi connectivity index (χ0) is 27.3. The molecule has 3 aromatic rings. The van der Waals surface area contributed by atoms with E-state index in [9.17, 15) is 9.59 Å². The minimum Gasteiger partial charge on any atom is -0.496 e. The highest BCUT2D eigenvalue weighted by Crippen LogP contribution is 2.32. The fourth-order valence-corrected chi connectivity index (χ4v) is 3.76. The maximum Gasteiger partial charge on any atom is 0.407 e. The lowest BCUT2D eigenvalue weighted by Gasteiger charge is -2.23. The van der Waals surface area contributed by atoms with Gasteiger partial charge in [-0.2, -0.15) is 5.26 Å². The molecule has 0 saturated carbocycles. The van der Waals surface area contributed by atoms with Gasteiger partial charge in [-0.05, 0) is 42.9 Å². The molecule has 0 bridgehead atoms. The van der Waals surface area contributed by atoms with E-state index in [2.05, 4.69) is 31.9 Å². The minimum absolute atomic E-state index is 0.118. The van der Waals surface area contributed by atoms with Crippen LogP contribution in [0.3, 0.4) is 0 Å². The molecule has 11 nitrogen and oxygen atoms in total. The Balaban J connectivity index is 1.54. The van der Waals surface area contributed by atoms with Crippen molar-refractivity contribution in [2.24, 2.45) is 0 Å². The number of carbonyl (C=O) groups is 2. The standard InChI is InChI=1S/C27H32N6O5/c1-4-33(5-2)17-22(11-12-28)38-27(35)30-15-19-7-6-8-20(13-19)31-26(34)32-21-9-10-23(24(14-21)36-3)25-16-29-18-37-25/h6-10,13-14,16,18,22H,4-5,11,15,17H2,1-3H3,(H,30,35)(H2,31,32,34). The molecule has 0 aliphatic carbocycles. The highest BCUT2D eigenvalue weighted by atomic mass is 16.6. The number of hydrogen-bond acceptors (Lipinski definition) is 8. The SMILES string of the molecule is CCN(CC)CC(CC#N)OC(=O)NCc1cccc(NC(=O)Nc2ccc(-c3cnco3)c(OC)c2)c1. The molecule has 0 saturated heterocycles. The average molecular weight is 521 g/mol. The van der Waals surface area contributed by atoms with Crippen LogP contribution in [0.25, 0.3) is 11.3 Å². The van der Waals surface area contributed by atoms with Gasteiger partial charge in [0.15, 0.2) is 12.2 Å². The first kappa shape index (κ1) is 28.0. The molecule has 3 N–H and O–H groups in total. The number of nitrogens with one attached hydrogen (secondary N) is 3. The molecule has 1 atom stereocenters. The number of hydrogen-bond donors (Lipinski definition) is 3. The van der Waals surface area contributed by atoms with Gasteiger partial charge in [-0.3, -0.25) is 0 Å². The number of amides is 3. The predicted molar refractivity (Wildman–Crippen MR) is 143 cm³/mol. The van der Waals surface area contributed by atoms with Crippen molar-refractivity contribution in [2.75, 3.05) is 37.4 Å². The largest absolute Gasteiger partial charge is 0.496 e. The summed E-state index contributed by atoms with van der Waals surface area (Å²) in [5.74, 6) is 1.07. The van der Waals surface area contributed by atoms with E-state index < -0.39 is 18.2 Å². The van der Waals surface area contributed by atoms with Crippen LogP contribution in [-0.4, -0.2) is 54.9 Å². The molecule has 0 aliphatic heterocycles. The Kier molecular flexibility index (Phi) is 10.5. The highest BCUT2D eigenvalue weighted by Gasteiger charge is 2.17. The summed E-state index contributed by atoms with van der Waals surface area (Å²) in [5.41, 5.74) is 2.55. The number of likely N-dealkylation sites (N-methyl/N-ethyl adjacent to an activating group) is 1. The predicted octanol–water partition coefficient (Wildman–Crippen LogP) is 4.84. The number of ether oxygens (including phenoxy) is 2. The Morgan fingerprint density at radius 3 is 2.55 bits per heavy atom. The average Bonchev–Trinajstić information content (AvgIpc) is 3.45. The maximum absolute atomic E-state index is 12.6. The number of nitriles is 1. The zero-order valence-electron chi connectivity index (χ0n) is 21.7. The van der Waals surface area contributed by atoms with Gasteiger partial charge in [0.25, 0.3) is 0 Å². The fourth-order valence-electron chi connectivity index (χ4n) is 3.76. The number of methoxy groups -OCH3 is 1. The third kappa shape index (κ3) is 8.25. The lowest BCUT2D eigenvalue weighted by Crippen LogP contribution is -2.37. The summed E-state index contributed by atoms with van der Waals surface area (Å²) >= 11 is 0. The van der Waals surface area contributed by atoms with Crippen LogP contribution >= 0.6 is 0 Å². The molecular weight excluding hydrogens is 488 g/mol. The van der Waals surface area contributed by atoms with Gasteiger partial charge in [-0.1, -0.05) is 26.0 Å². The molecule has 1 unspecified atom stereocenters. The fraction of sp³-hybridized carbons (Fsp3) is 0.333. The van der Waals surface area contributed by atoms with E-state index in [0.717, 1.165) is 18.7 Å². The molecule has 1 aromatic heterocycles. The van der Waals surface area contributed by atoms with E-state index in [-0.39, 0.29) is 13.0 Å². The molecule has 3 rings (SSSR count). The number of anilines is 2. The number of oxazole rings is 1. The summed E-state index contributed by atoms with van der Waals surface area (Å²) in [6.07, 6.45) is 1.92. The summed E-state index contributed by atoms with van der Waals surface area (Å²) in [4.78, 5) is 30.9. The Hall–Kier alpha value is -4.56. The second-order valence-corrected chi connectivity index (χ2v) is 8.29. The summed E-state index contributed by atoms with van der Waals surface area (Å²) in [6.45, 7) is 6.33. The first-order chi connectivity index (χ1) is 18.4. The van der Waals surface area contributed by atoms with Crippen LogP contribution in [-0.2, 0) is 11.3 Å². The molecule has 0 fully saturated rings. The van der Waals surface area contributed by atoms with Crippen LogP contribution in [0.4, 0.5) is 21.0 Å². The van der Waals surface area contributed by atoms with Crippen molar-refractivity contribution in [3.8, 4) is 23.1 Å². The molecule has 11 heteroatoms. The summed E-state index contributed by atoms with van der Waals surface area (Å²) < 4.78 is 16.2. The number of benzene rings is 2. The lowest BCUT2D eigenvalue weighted by molar-refractivity contribution is 0.0744. The number of urea groups is 1. The normalized spacial score (nSPS) is 11.3. The lowest BCUT2D eigenvalue weighted by atomic mass is 10.1. The van der Waals surface area contributed by atoms with Gasteiger partial charge >= 0.3 is 12.1 Å². The Labute approximate surface area is 221 Å². The summed E-state index contributed by atoms with van der Waals surface area (Å²) in [6, 6.07) is 13.9. The smallest absolute Gasteiger partial charge is 0.407 e.